The third-order valence-corrected chi connectivity index (χ3v) is 5.76. The molecule has 0 bridgehead atoms. The topological polar surface area (TPSA) is 69.9 Å². The van der Waals surface area contributed by atoms with E-state index in [1.54, 1.807) is 23.6 Å². The third kappa shape index (κ3) is 4.52. The van der Waals surface area contributed by atoms with Gasteiger partial charge in [0.1, 0.15) is 12.3 Å². The van der Waals surface area contributed by atoms with Crippen LogP contribution in [0.4, 0.5) is 0 Å². The van der Waals surface area contributed by atoms with Crippen LogP contribution in [0.25, 0.3) is 10.2 Å². The molecule has 0 atom stereocenters. The van der Waals surface area contributed by atoms with Crippen molar-refractivity contribution in [3.8, 4) is 5.75 Å². The zero-order valence-electron chi connectivity index (χ0n) is 16.6. The molecular formula is C21H21ClN2O4S. The van der Waals surface area contributed by atoms with Crippen molar-refractivity contribution >= 4 is 45.0 Å². The normalized spacial score (nSPS) is 11.7. The number of thiazole rings is 1. The second-order valence-corrected chi connectivity index (χ2v) is 7.88. The zero-order valence-corrected chi connectivity index (χ0v) is 18.2. The number of carbonyl (C=O) groups is 2. The predicted octanol–water partition coefficient (Wildman–Crippen LogP) is 4.29. The largest absolute Gasteiger partial charge is 0.496 e. The third-order valence-electron chi connectivity index (χ3n) is 4.30. The lowest BCUT2D eigenvalue weighted by atomic mass is 10.1. The number of ether oxygens (including phenoxy) is 2. The van der Waals surface area contributed by atoms with E-state index in [-0.39, 0.29) is 24.7 Å². The highest BCUT2D eigenvalue weighted by Gasteiger charge is 2.16. The lowest BCUT2D eigenvalue weighted by Gasteiger charge is -2.07. The molecule has 0 radical (unpaired) electrons. The van der Waals surface area contributed by atoms with Gasteiger partial charge in [-0.1, -0.05) is 29.0 Å². The van der Waals surface area contributed by atoms with E-state index in [0.29, 0.717) is 15.6 Å². The molecule has 1 heterocycles. The van der Waals surface area contributed by atoms with Gasteiger partial charge >= 0.3 is 5.97 Å². The van der Waals surface area contributed by atoms with E-state index < -0.39 is 5.91 Å². The maximum absolute atomic E-state index is 12.9. The molecule has 0 saturated heterocycles. The number of amides is 1. The number of nitrogens with zero attached hydrogens (tertiary/aromatic N) is 2. The molecule has 2 aromatic carbocycles. The van der Waals surface area contributed by atoms with Crippen LogP contribution >= 0.6 is 22.9 Å². The number of carbonyl (C=O) groups excluding carboxylic acids is 2. The molecule has 0 aliphatic heterocycles. The molecule has 0 spiro atoms. The van der Waals surface area contributed by atoms with Gasteiger partial charge in [0.05, 0.1) is 29.5 Å². The fraction of sp³-hybridized carbons (Fsp3) is 0.286. The maximum Gasteiger partial charge on any atom is 0.326 e. The molecule has 3 aromatic rings. The number of fused-ring (bicyclic) bond motifs is 1. The summed E-state index contributed by atoms with van der Waals surface area (Å²) in [6, 6.07) is 8.81. The second kappa shape index (κ2) is 8.80. The SMILES string of the molecule is CCOC(=O)Cn1c(=NC(=O)c2cc(Cl)ccc2OC)sc2c(C)cc(C)cc21. The van der Waals surface area contributed by atoms with Gasteiger partial charge in [0.25, 0.3) is 5.91 Å². The fourth-order valence-electron chi connectivity index (χ4n) is 3.08. The maximum atomic E-state index is 12.9. The molecule has 0 unspecified atom stereocenters. The van der Waals surface area contributed by atoms with Crippen LogP contribution in [0.1, 0.15) is 28.4 Å². The van der Waals surface area contributed by atoms with Crippen LogP contribution in [0.3, 0.4) is 0 Å². The smallest absolute Gasteiger partial charge is 0.326 e. The lowest BCUT2D eigenvalue weighted by Crippen LogP contribution is -2.23. The first-order chi connectivity index (χ1) is 13.8. The highest BCUT2D eigenvalue weighted by Crippen LogP contribution is 2.25. The minimum atomic E-state index is -0.497. The van der Waals surface area contributed by atoms with Crippen LogP contribution in [0.5, 0.6) is 5.75 Å². The van der Waals surface area contributed by atoms with Gasteiger partial charge in [0.2, 0.25) is 0 Å². The predicted molar refractivity (Wildman–Crippen MR) is 114 cm³/mol. The fourth-order valence-corrected chi connectivity index (χ4v) is 4.33. The highest BCUT2D eigenvalue weighted by molar-refractivity contribution is 7.16. The molecule has 0 N–H and O–H groups in total. The van der Waals surface area contributed by atoms with E-state index in [1.165, 1.54) is 24.5 Å². The van der Waals surface area contributed by atoms with Gasteiger partial charge in [-0.05, 0) is 56.2 Å². The van der Waals surface area contributed by atoms with Gasteiger partial charge < -0.3 is 14.0 Å². The van der Waals surface area contributed by atoms with Gasteiger partial charge in [-0.3, -0.25) is 9.59 Å². The van der Waals surface area contributed by atoms with Gasteiger partial charge in [-0.15, -0.1) is 0 Å². The Bertz CT molecular complexity index is 1160. The Labute approximate surface area is 177 Å². The highest BCUT2D eigenvalue weighted by atomic mass is 35.5. The molecule has 3 rings (SSSR count). The summed E-state index contributed by atoms with van der Waals surface area (Å²) < 4.78 is 13.0. The van der Waals surface area contributed by atoms with Crippen molar-refractivity contribution in [2.75, 3.05) is 13.7 Å². The molecular weight excluding hydrogens is 412 g/mol. The van der Waals surface area contributed by atoms with Crippen molar-refractivity contribution in [1.29, 1.82) is 0 Å². The monoisotopic (exact) mass is 432 g/mol. The average Bonchev–Trinajstić information content (AvgIpc) is 2.99. The van der Waals surface area contributed by atoms with E-state index in [0.717, 1.165) is 21.3 Å². The molecule has 0 fully saturated rings. The Kier molecular flexibility index (Phi) is 6.39. The number of aromatic nitrogens is 1. The molecule has 152 valence electrons. The van der Waals surface area contributed by atoms with Crippen LogP contribution in [0.2, 0.25) is 5.02 Å². The summed E-state index contributed by atoms with van der Waals surface area (Å²) >= 11 is 7.40. The first kappa shape index (κ1) is 21.1. The number of halogens is 1. The van der Waals surface area contributed by atoms with Gasteiger partial charge in [-0.2, -0.15) is 4.99 Å². The quantitative estimate of drug-likeness (QED) is 0.564. The Hall–Kier alpha value is -2.64. The number of methoxy groups -OCH3 is 1. The van der Waals surface area contributed by atoms with E-state index >= 15 is 0 Å². The molecule has 29 heavy (non-hydrogen) atoms. The van der Waals surface area contributed by atoms with Crippen molar-refractivity contribution in [2.24, 2.45) is 4.99 Å². The standard InChI is InChI=1S/C21H21ClN2O4S/c1-5-28-18(25)11-24-16-9-12(2)8-13(3)19(16)29-21(24)23-20(26)15-10-14(22)6-7-17(15)27-4/h6-10H,5,11H2,1-4H3. The lowest BCUT2D eigenvalue weighted by molar-refractivity contribution is -0.143. The number of benzene rings is 2. The average molecular weight is 433 g/mol. The van der Waals surface area contributed by atoms with Crippen molar-refractivity contribution in [3.63, 3.8) is 0 Å². The van der Waals surface area contributed by atoms with E-state index in [9.17, 15) is 9.59 Å². The number of hydrogen-bond acceptors (Lipinski definition) is 5. The molecule has 6 nitrogen and oxygen atoms in total. The van der Waals surface area contributed by atoms with Gasteiger partial charge in [0, 0.05) is 5.02 Å². The Balaban J connectivity index is 2.20. The van der Waals surface area contributed by atoms with Crippen molar-refractivity contribution in [3.05, 3.63) is 56.8 Å². The number of aryl methyl sites for hydroxylation is 2. The summed E-state index contributed by atoms with van der Waals surface area (Å²) in [5.41, 5.74) is 3.20. The molecule has 1 aromatic heterocycles. The van der Waals surface area contributed by atoms with Crippen molar-refractivity contribution in [1.82, 2.24) is 4.57 Å². The molecule has 1 amide bonds. The van der Waals surface area contributed by atoms with E-state index in [1.807, 2.05) is 19.9 Å². The number of hydrogen-bond donors (Lipinski definition) is 0. The molecule has 8 heteroatoms. The van der Waals surface area contributed by atoms with Crippen molar-refractivity contribution in [2.45, 2.75) is 27.3 Å². The van der Waals surface area contributed by atoms with Crippen LogP contribution in [0, 0.1) is 13.8 Å². The van der Waals surface area contributed by atoms with Crippen molar-refractivity contribution < 1.29 is 19.1 Å². The first-order valence-corrected chi connectivity index (χ1v) is 10.2. The number of esters is 1. The van der Waals surface area contributed by atoms with E-state index in [2.05, 4.69) is 11.1 Å². The Morgan fingerprint density at radius 3 is 2.66 bits per heavy atom. The molecule has 0 aliphatic rings. The summed E-state index contributed by atoms with van der Waals surface area (Å²) in [7, 11) is 1.48. The Morgan fingerprint density at radius 1 is 1.21 bits per heavy atom. The summed E-state index contributed by atoms with van der Waals surface area (Å²) in [5.74, 6) is -0.503. The minimum absolute atomic E-state index is 0.0322. The molecule has 0 saturated carbocycles. The minimum Gasteiger partial charge on any atom is -0.496 e. The van der Waals surface area contributed by atoms with Crippen LogP contribution in [-0.2, 0) is 16.1 Å². The summed E-state index contributed by atoms with van der Waals surface area (Å²) in [4.78, 5) is 29.8. The Morgan fingerprint density at radius 2 is 1.97 bits per heavy atom. The molecule has 0 aliphatic carbocycles. The van der Waals surface area contributed by atoms with E-state index in [4.69, 9.17) is 21.1 Å². The summed E-state index contributed by atoms with van der Waals surface area (Å²) in [6.45, 7) is 5.98. The van der Waals surface area contributed by atoms with Gasteiger partial charge in [0.15, 0.2) is 4.80 Å². The zero-order chi connectivity index (χ0) is 21.1. The summed E-state index contributed by atoms with van der Waals surface area (Å²) in [6.07, 6.45) is 0. The van der Waals surface area contributed by atoms with Crippen LogP contribution in [0.15, 0.2) is 35.3 Å². The van der Waals surface area contributed by atoms with Crippen LogP contribution < -0.4 is 9.54 Å². The van der Waals surface area contributed by atoms with Gasteiger partial charge in [-0.25, -0.2) is 0 Å². The first-order valence-electron chi connectivity index (χ1n) is 9.02. The van der Waals surface area contributed by atoms with Crippen LogP contribution in [-0.4, -0.2) is 30.2 Å². The number of rotatable bonds is 5. The second-order valence-electron chi connectivity index (χ2n) is 6.47. The summed E-state index contributed by atoms with van der Waals surface area (Å²) in [5, 5.41) is 0.409.